The van der Waals surface area contributed by atoms with Crippen LogP contribution in [0.15, 0.2) is 0 Å². The minimum absolute atomic E-state index is 0. The van der Waals surface area contributed by atoms with Gasteiger partial charge in [-0.3, -0.25) is 0 Å². The van der Waals surface area contributed by atoms with Crippen LogP contribution in [-0.2, 0) is 25.3 Å². The van der Waals surface area contributed by atoms with Gasteiger partial charge in [-0.15, -0.1) is 0 Å². The van der Waals surface area contributed by atoms with Crippen LogP contribution in [0.2, 0.25) is 0 Å². The topological polar surface area (TPSA) is 0 Å². The molecule has 4 radical (unpaired) electrons. The maximum Gasteiger partial charge on any atom is 2.00 e. The second kappa shape index (κ2) is 64.1. The Bertz CT molecular complexity index is 323. The van der Waals surface area contributed by atoms with Gasteiger partial charge in [0.1, 0.15) is 0 Å². The fraction of sp³-hybridized carbons (Fsp3) is 0.952. The summed E-state index contributed by atoms with van der Waals surface area (Å²) in [6.07, 6.45) is 49.9. The minimum atomic E-state index is 0. The van der Waals surface area contributed by atoms with Crippen molar-refractivity contribution in [1.82, 2.24) is 0 Å². The van der Waals surface area contributed by atoms with Crippen LogP contribution in [0.3, 0.4) is 0 Å². The van der Waals surface area contributed by atoms with E-state index in [2.05, 4.69) is 13.8 Å². The molecule has 0 amide bonds. The summed E-state index contributed by atoms with van der Waals surface area (Å²) in [5.74, 6) is 1.91. The monoisotopic (exact) mass is 777 g/mol. The zero-order chi connectivity index (χ0) is 33.5. The van der Waals surface area contributed by atoms with Crippen molar-refractivity contribution in [3.63, 3.8) is 0 Å². The molecular formula is C42H88S2Sn. The quantitative estimate of drug-likeness (QED) is 0.0379. The van der Waals surface area contributed by atoms with Crippen molar-refractivity contribution in [2.75, 3.05) is 11.5 Å². The van der Waals surface area contributed by atoms with Crippen molar-refractivity contribution in [3.05, 3.63) is 12.8 Å². The summed E-state index contributed by atoms with van der Waals surface area (Å²) in [5, 5.41) is 0. The Morgan fingerprint density at radius 1 is 0.267 bits per heavy atom. The van der Waals surface area contributed by atoms with Crippen molar-refractivity contribution in [3.8, 4) is 0 Å². The van der Waals surface area contributed by atoms with Crippen molar-refractivity contribution in [2.24, 2.45) is 0 Å². The molecule has 0 aliphatic rings. The second-order valence-electron chi connectivity index (χ2n) is 13.2. The fourth-order valence-corrected chi connectivity index (χ4v) is 5.71. The number of hydrogen-bond acceptors (Lipinski definition) is 2. The third-order valence-corrected chi connectivity index (χ3v) is 8.57. The van der Waals surface area contributed by atoms with Gasteiger partial charge in [0, 0.05) is 0 Å². The molecule has 0 aromatic rings. The zero-order valence-electron chi connectivity index (χ0n) is 32.5. The van der Waals surface area contributed by atoms with Crippen LogP contribution in [0, 0.1) is 12.8 Å². The molecule has 0 heterocycles. The average Bonchev–Trinajstić information content (AvgIpc) is 3.02. The molecule has 0 aliphatic carbocycles. The van der Waals surface area contributed by atoms with Crippen LogP contribution >= 0.6 is 0 Å². The fourth-order valence-electron chi connectivity index (χ4n) is 5.30. The Kier molecular flexibility index (Phi) is 79.6. The van der Waals surface area contributed by atoms with Crippen molar-refractivity contribution in [1.29, 1.82) is 0 Å². The van der Waals surface area contributed by atoms with Gasteiger partial charge in [-0.2, -0.15) is 11.5 Å². The van der Waals surface area contributed by atoms with E-state index >= 15 is 0 Å². The molecule has 0 fully saturated rings. The molecule has 45 heavy (non-hydrogen) atoms. The summed E-state index contributed by atoms with van der Waals surface area (Å²) in [7, 11) is 0. The van der Waals surface area contributed by atoms with Crippen LogP contribution < -0.4 is 0 Å². The molecule has 272 valence electrons. The van der Waals surface area contributed by atoms with Gasteiger partial charge >= 0.3 is 23.9 Å². The van der Waals surface area contributed by atoms with Crippen molar-refractivity contribution < 1.29 is 0 Å². The molecule has 0 atom stereocenters. The number of hydrogen-bond donors (Lipinski definition) is 0. The Balaban J connectivity index is -0.000000197. The van der Waals surface area contributed by atoms with Gasteiger partial charge in [0.25, 0.3) is 0 Å². The summed E-state index contributed by atoms with van der Waals surface area (Å²) in [5.41, 5.74) is 0. The molecule has 0 saturated carbocycles. The Morgan fingerprint density at radius 2 is 0.378 bits per heavy atom. The SMILES string of the molecule is CCCCCCCCCCCCCCCCCC[S-].CCCCCCCCCCCCCCCCCC[S-].C[CH]C.C[CH]C.[Sn+2]. The summed E-state index contributed by atoms with van der Waals surface area (Å²) in [6, 6.07) is 0. The van der Waals surface area contributed by atoms with E-state index in [1.54, 1.807) is 0 Å². The van der Waals surface area contributed by atoms with E-state index in [0.717, 1.165) is 11.5 Å². The molecule has 3 heteroatoms. The molecule has 0 aliphatic heterocycles. The number of rotatable bonds is 32. The van der Waals surface area contributed by atoms with E-state index in [0.29, 0.717) is 0 Å². The maximum absolute atomic E-state index is 4.95. The Morgan fingerprint density at radius 3 is 0.489 bits per heavy atom. The molecular weight excluding hydrogens is 687 g/mol. The van der Waals surface area contributed by atoms with Gasteiger partial charge in [-0.1, -0.05) is 247 Å². The molecule has 0 rings (SSSR count). The molecule has 0 bridgehead atoms. The first kappa shape index (κ1) is 55.9. The summed E-state index contributed by atoms with van der Waals surface area (Å²) >= 11 is 9.90. The molecule has 0 aromatic carbocycles. The standard InChI is InChI=1S/2C18H38S.2C3H7.Sn/c2*1-2-3-4-5-6-7-8-9-10-11-12-13-14-15-16-17-18-19;2*1-3-2;/h2*19H,2-18H2,1H3;2*3H,1-2H3;/q;;;;+2/p-2. The third-order valence-electron chi connectivity index (χ3n) is 8.00. The van der Waals surface area contributed by atoms with Gasteiger partial charge in [0.05, 0.1) is 0 Å². The van der Waals surface area contributed by atoms with Crippen LogP contribution in [0.5, 0.6) is 0 Å². The predicted molar refractivity (Wildman–Crippen MR) is 221 cm³/mol. The average molecular weight is 776 g/mol. The first-order valence-corrected chi connectivity index (χ1v) is 21.5. The van der Waals surface area contributed by atoms with E-state index < -0.39 is 0 Å². The zero-order valence-corrected chi connectivity index (χ0v) is 37.0. The van der Waals surface area contributed by atoms with E-state index in [1.807, 2.05) is 40.5 Å². The van der Waals surface area contributed by atoms with Gasteiger partial charge in [-0.25, -0.2) is 0 Å². The number of unbranched alkanes of at least 4 members (excludes halogenated alkanes) is 30. The largest absolute Gasteiger partial charge is 2.00 e. The van der Waals surface area contributed by atoms with E-state index in [1.165, 1.54) is 205 Å². The van der Waals surface area contributed by atoms with Gasteiger partial charge in [0.2, 0.25) is 0 Å². The molecule has 0 saturated heterocycles. The van der Waals surface area contributed by atoms with Crippen LogP contribution in [0.25, 0.3) is 0 Å². The normalized spacial score (nSPS) is 10.1. The molecule has 0 spiro atoms. The molecule has 0 nitrogen and oxygen atoms in total. The van der Waals surface area contributed by atoms with Crippen LogP contribution in [0.1, 0.15) is 247 Å². The summed E-state index contributed by atoms with van der Waals surface area (Å²) in [6.45, 7) is 12.6. The minimum Gasteiger partial charge on any atom is -0.793 e. The van der Waals surface area contributed by atoms with Gasteiger partial charge in [0.15, 0.2) is 0 Å². The Hall–Kier alpha value is 1.50. The summed E-state index contributed by atoms with van der Waals surface area (Å²) in [4.78, 5) is 0. The second-order valence-corrected chi connectivity index (χ2v) is 14.0. The van der Waals surface area contributed by atoms with E-state index in [9.17, 15) is 0 Å². The first-order valence-electron chi connectivity index (χ1n) is 20.3. The van der Waals surface area contributed by atoms with Gasteiger partial charge < -0.3 is 25.3 Å². The van der Waals surface area contributed by atoms with Crippen LogP contribution in [-0.4, -0.2) is 35.4 Å². The van der Waals surface area contributed by atoms with Crippen LogP contribution in [0.4, 0.5) is 0 Å². The van der Waals surface area contributed by atoms with E-state index in [-0.39, 0.29) is 23.9 Å². The molecule has 0 aromatic heterocycles. The molecule has 0 unspecified atom stereocenters. The first-order chi connectivity index (χ1) is 21.7. The predicted octanol–water partition coefficient (Wildman–Crippen LogP) is 15.7. The third kappa shape index (κ3) is 76.7. The maximum atomic E-state index is 4.95. The van der Waals surface area contributed by atoms with Crippen molar-refractivity contribution in [2.45, 2.75) is 247 Å². The summed E-state index contributed by atoms with van der Waals surface area (Å²) < 4.78 is 0. The van der Waals surface area contributed by atoms with E-state index in [4.69, 9.17) is 25.3 Å². The molecule has 0 N–H and O–H groups in total. The smallest absolute Gasteiger partial charge is 0.793 e. The van der Waals surface area contributed by atoms with Gasteiger partial charge in [-0.05, 0) is 12.8 Å². The Labute approximate surface area is 318 Å². The van der Waals surface area contributed by atoms with Crippen molar-refractivity contribution >= 4 is 49.2 Å².